The van der Waals surface area contributed by atoms with E-state index in [1.165, 1.54) is 0 Å². The lowest BCUT2D eigenvalue weighted by molar-refractivity contribution is 0.249. The van der Waals surface area contributed by atoms with Gasteiger partial charge in [0.15, 0.2) is 0 Å². The van der Waals surface area contributed by atoms with Gasteiger partial charge in [-0.3, -0.25) is 0 Å². The second-order valence-corrected chi connectivity index (χ2v) is 4.97. The van der Waals surface area contributed by atoms with Crippen LogP contribution in [0, 0.1) is 12.8 Å². The predicted octanol–water partition coefficient (Wildman–Crippen LogP) is 2.16. The summed E-state index contributed by atoms with van der Waals surface area (Å²) in [4.78, 5) is 4.21. The predicted molar refractivity (Wildman–Crippen MR) is 70.4 cm³/mol. The Kier molecular flexibility index (Phi) is 4.56. The Morgan fingerprint density at radius 2 is 2.19 bits per heavy atom. The number of anilines is 2. The summed E-state index contributed by atoms with van der Waals surface area (Å²) in [6.45, 7) is 6.10. The fraction of sp³-hybridized carbons (Fsp3) is 0.545. The summed E-state index contributed by atoms with van der Waals surface area (Å²) < 4.78 is 0.853. The summed E-state index contributed by atoms with van der Waals surface area (Å²) in [7, 11) is 0. The van der Waals surface area contributed by atoms with Crippen molar-refractivity contribution in [3.8, 4) is 0 Å². The van der Waals surface area contributed by atoms with E-state index in [1.807, 2.05) is 20.8 Å². The quantitative estimate of drug-likeness (QED) is 0.794. The highest BCUT2D eigenvalue weighted by Gasteiger charge is 2.15. The van der Waals surface area contributed by atoms with Crippen molar-refractivity contribution >= 4 is 27.4 Å². The average Bonchev–Trinajstić information content (AvgIpc) is 2.25. The van der Waals surface area contributed by atoms with Crippen LogP contribution in [0.5, 0.6) is 0 Å². The Morgan fingerprint density at radius 1 is 1.56 bits per heavy atom. The summed E-state index contributed by atoms with van der Waals surface area (Å²) in [5, 5.41) is 12.4. The van der Waals surface area contributed by atoms with Gasteiger partial charge >= 0.3 is 0 Å². The third kappa shape index (κ3) is 2.86. The van der Waals surface area contributed by atoms with E-state index < -0.39 is 0 Å². The number of aromatic nitrogens is 1. The number of halogens is 1. The Balaban J connectivity index is 2.93. The zero-order chi connectivity index (χ0) is 12.3. The minimum Gasteiger partial charge on any atom is -0.397 e. The third-order valence-electron chi connectivity index (χ3n) is 2.63. The van der Waals surface area contributed by atoms with Gasteiger partial charge in [-0.05, 0) is 34.3 Å². The highest BCUT2D eigenvalue weighted by Crippen LogP contribution is 2.28. The van der Waals surface area contributed by atoms with Crippen LogP contribution < -0.4 is 11.1 Å². The molecule has 0 radical (unpaired) electrons. The van der Waals surface area contributed by atoms with Crippen LogP contribution in [0.25, 0.3) is 0 Å². The van der Waals surface area contributed by atoms with Crippen LogP contribution in [0.1, 0.15) is 19.4 Å². The monoisotopic (exact) mass is 287 g/mol. The van der Waals surface area contributed by atoms with E-state index in [0.717, 1.165) is 15.9 Å². The first-order chi connectivity index (χ1) is 7.47. The lowest BCUT2D eigenvalue weighted by atomic mass is 10.1. The maximum Gasteiger partial charge on any atom is 0.141 e. The van der Waals surface area contributed by atoms with Gasteiger partial charge in [0.1, 0.15) is 5.82 Å². The number of nitrogens with two attached hydrogens (primary N) is 1. The van der Waals surface area contributed by atoms with Gasteiger partial charge in [-0.1, -0.05) is 13.8 Å². The SMILES string of the molecule is Cc1c(N)cnc(N[C@H](CO)C(C)C)c1Br. The molecule has 1 aromatic rings. The molecule has 0 aliphatic carbocycles. The molecule has 0 amide bonds. The maximum atomic E-state index is 9.24. The number of rotatable bonds is 4. The van der Waals surface area contributed by atoms with E-state index in [-0.39, 0.29) is 12.6 Å². The van der Waals surface area contributed by atoms with Crippen molar-refractivity contribution in [2.45, 2.75) is 26.8 Å². The number of hydrogen-bond donors (Lipinski definition) is 3. The molecule has 1 heterocycles. The molecule has 0 aromatic carbocycles. The summed E-state index contributed by atoms with van der Waals surface area (Å²) in [6, 6.07) is -0.00757. The molecule has 0 saturated heterocycles. The molecule has 16 heavy (non-hydrogen) atoms. The van der Waals surface area contributed by atoms with Gasteiger partial charge in [0.05, 0.1) is 29.0 Å². The fourth-order valence-corrected chi connectivity index (χ4v) is 1.74. The molecule has 0 saturated carbocycles. The van der Waals surface area contributed by atoms with E-state index in [4.69, 9.17) is 5.73 Å². The molecule has 90 valence electrons. The van der Waals surface area contributed by atoms with E-state index in [9.17, 15) is 5.11 Å². The Morgan fingerprint density at radius 3 is 2.69 bits per heavy atom. The highest BCUT2D eigenvalue weighted by atomic mass is 79.9. The highest BCUT2D eigenvalue weighted by molar-refractivity contribution is 9.10. The van der Waals surface area contributed by atoms with Gasteiger partial charge < -0.3 is 16.2 Å². The Bertz CT molecular complexity index is 368. The van der Waals surface area contributed by atoms with E-state index in [2.05, 4.69) is 26.2 Å². The van der Waals surface area contributed by atoms with E-state index >= 15 is 0 Å². The van der Waals surface area contributed by atoms with Crippen LogP contribution in [-0.4, -0.2) is 22.7 Å². The third-order valence-corrected chi connectivity index (χ3v) is 3.60. The van der Waals surface area contributed by atoms with Crippen LogP contribution >= 0.6 is 15.9 Å². The topological polar surface area (TPSA) is 71.2 Å². The van der Waals surface area contributed by atoms with Crippen LogP contribution in [0.15, 0.2) is 10.7 Å². The molecule has 0 fully saturated rings. The number of nitrogens with zero attached hydrogens (tertiary/aromatic N) is 1. The summed E-state index contributed by atoms with van der Waals surface area (Å²) >= 11 is 3.45. The molecular formula is C11H18BrN3O. The minimum atomic E-state index is -0.00757. The zero-order valence-corrected chi connectivity index (χ0v) is 11.4. The number of aliphatic hydroxyl groups is 1. The number of aliphatic hydroxyl groups excluding tert-OH is 1. The van der Waals surface area contributed by atoms with Gasteiger partial charge in [0.2, 0.25) is 0 Å². The largest absolute Gasteiger partial charge is 0.397 e. The molecule has 0 bridgehead atoms. The van der Waals surface area contributed by atoms with Crippen molar-refractivity contribution in [3.63, 3.8) is 0 Å². The second-order valence-electron chi connectivity index (χ2n) is 4.18. The van der Waals surface area contributed by atoms with Gasteiger partial charge in [-0.2, -0.15) is 0 Å². The first-order valence-electron chi connectivity index (χ1n) is 5.25. The summed E-state index contributed by atoms with van der Waals surface area (Å²) in [6.07, 6.45) is 1.62. The second kappa shape index (κ2) is 5.50. The lowest BCUT2D eigenvalue weighted by Gasteiger charge is -2.21. The van der Waals surface area contributed by atoms with Crippen LogP contribution in [0.2, 0.25) is 0 Å². The zero-order valence-electron chi connectivity index (χ0n) is 9.79. The molecule has 4 nitrogen and oxygen atoms in total. The van der Waals surface area contributed by atoms with Gasteiger partial charge in [0, 0.05) is 0 Å². The van der Waals surface area contributed by atoms with Crippen LogP contribution in [0.3, 0.4) is 0 Å². The van der Waals surface area contributed by atoms with E-state index in [1.54, 1.807) is 6.20 Å². The van der Waals surface area contributed by atoms with Gasteiger partial charge in [0.25, 0.3) is 0 Å². The van der Waals surface area contributed by atoms with Crippen molar-refractivity contribution in [1.29, 1.82) is 0 Å². The molecule has 0 aliphatic rings. The standard InChI is InChI=1S/C11H18BrN3O/c1-6(2)9(5-16)15-11-10(12)7(3)8(13)4-14-11/h4,6,9,16H,5,13H2,1-3H3,(H,14,15)/t9-/m1/s1. The molecule has 1 atom stereocenters. The van der Waals surface area contributed by atoms with Gasteiger partial charge in [-0.25, -0.2) is 4.98 Å². The molecule has 0 unspecified atom stereocenters. The molecular weight excluding hydrogens is 270 g/mol. The molecule has 0 aliphatic heterocycles. The smallest absolute Gasteiger partial charge is 0.141 e. The van der Waals surface area contributed by atoms with Crippen molar-refractivity contribution in [2.24, 2.45) is 5.92 Å². The number of nitrogens with one attached hydrogen (secondary N) is 1. The molecule has 1 aromatic heterocycles. The minimum absolute atomic E-state index is 0.00757. The molecule has 1 rings (SSSR count). The normalized spacial score (nSPS) is 12.9. The molecule has 4 N–H and O–H groups in total. The lowest BCUT2D eigenvalue weighted by Crippen LogP contribution is -2.30. The average molecular weight is 288 g/mol. The molecule has 5 heteroatoms. The number of hydrogen-bond acceptors (Lipinski definition) is 4. The summed E-state index contributed by atoms with van der Waals surface area (Å²) in [5.74, 6) is 1.05. The Labute approximate surface area is 104 Å². The van der Waals surface area contributed by atoms with Crippen LogP contribution in [0.4, 0.5) is 11.5 Å². The Hall–Kier alpha value is -0.810. The first-order valence-corrected chi connectivity index (χ1v) is 6.04. The van der Waals surface area contributed by atoms with Crippen molar-refractivity contribution in [1.82, 2.24) is 4.98 Å². The van der Waals surface area contributed by atoms with E-state index in [0.29, 0.717) is 11.6 Å². The van der Waals surface area contributed by atoms with Crippen molar-refractivity contribution < 1.29 is 5.11 Å². The van der Waals surface area contributed by atoms with Crippen LogP contribution in [-0.2, 0) is 0 Å². The van der Waals surface area contributed by atoms with Crippen molar-refractivity contribution in [3.05, 3.63) is 16.2 Å². The maximum absolute atomic E-state index is 9.24. The van der Waals surface area contributed by atoms with Crippen molar-refractivity contribution in [2.75, 3.05) is 17.7 Å². The number of pyridine rings is 1. The van der Waals surface area contributed by atoms with Gasteiger partial charge in [-0.15, -0.1) is 0 Å². The summed E-state index contributed by atoms with van der Waals surface area (Å²) in [5.41, 5.74) is 7.35. The first kappa shape index (κ1) is 13.3. The fourth-order valence-electron chi connectivity index (χ4n) is 1.29. The number of nitrogen functional groups attached to an aromatic ring is 1. The molecule has 0 spiro atoms.